The van der Waals surface area contributed by atoms with Crippen LogP contribution in [0.4, 0.5) is 5.69 Å². The van der Waals surface area contributed by atoms with Gasteiger partial charge >= 0.3 is 0 Å². The molecular formula is C31H27NO3. The van der Waals surface area contributed by atoms with Crippen molar-refractivity contribution in [2.24, 2.45) is 10.8 Å². The molecule has 3 aliphatic rings. The van der Waals surface area contributed by atoms with Crippen molar-refractivity contribution in [3.05, 3.63) is 114 Å². The van der Waals surface area contributed by atoms with Gasteiger partial charge in [-0.15, -0.1) is 0 Å². The number of carbonyl (C=O) groups excluding carboxylic acids is 2. The summed E-state index contributed by atoms with van der Waals surface area (Å²) in [7, 11) is 1.61. The molecule has 4 heteroatoms. The lowest BCUT2D eigenvalue weighted by atomic mass is 9.61. The van der Waals surface area contributed by atoms with Crippen LogP contribution in [0, 0.1) is 10.8 Å². The zero-order chi connectivity index (χ0) is 24.0. The molecule has 0 aromatic heterocycles. The van der Waals surface area contributed by atoms with Gasteiger partial charge in [0, 0.05) is 0 Å². The highest BCUT2D eigenvalue weighted by Crippen LogP contribution is 2.67. The topological polar surface area (TPSA) is 46.6 Å². The minimum Gasteiger partial charge on any atom is -0.497 e. The van der Waals surface area contributed by atoms with Crippen molar-refractivity contribution < 1.29 is 14.3 Å². The summed E-state index contributed by atoms with van der Waals surface area (Å²) in [5.74, 6) is 0.545. The molecular weight excluding hydrogens is 434 g/mol. The number of carbonyl (C=O) groups is 2. The van der Waals surface area contributed by atoms with Crippen LogP contribution in [0.25, 0.3) is 5.57 Å². The predicted molar refractivity (Wildman–Crippen MR) is 137 cm³/mol. The van der Waals surface area contributed by atoms with Crippen molar-refractivity contribution in [3.63, 3.8) is 0 Å². The molecule has 2 atom stereocenters. The van der Waals surface area contributed by atoms with E-state index in [1.807, 2.05) is 36.4 Å². The number of nitrogens with zero attached hydrogens (tertiary/aromatic N) is 1. The highest BCUT2D eigenvalue weighted by molar-refractivity contribution is 6.26. The van der Waals surface area contributed by atoms with Crippen LogP contribution in [-0.4, -0.2) is 18.9 Å². The molecule has 1 aliphatic heterocycles. The maximum Gasteiger partial charge on any atom is 0.241 e. The number of hydrogen-bond acceptors (Lipinski definition) is 3. The average molecular weight is 462 g/mol. The Morgan fingerprint density at radius 3 is 1.66 bits per heavy atom. The first-order valence-corrected chi connectivity index (χ1v) is 12.1. The lowest BCUT2D eigenvalue weighted by Gasteiger charge is -2.36. The number of allylic oxidation sites excluding steroid dienone is 3. The highest BCUT2D eigenvalue weighted by Gasteiger charge is 2.72. The van der Waals surface area contributed by atoms with Gasteiger partial charge in [0.2, 0.25) is 11.8 Å². The lowest BCUT2D eigenvalue weighted by molar-refractivity contribution is -0.132. The second-order valence-corrected chi connectivity index (χ2v) is 9.75. The minimum absolute atomic E-state index is 0.0764. The maximum atomic E-state index is 14.2. The van der Waals surface area contributed by atoms with Crippen LogP contribution in [0.2, 0.25) is 0 Å². The van der Waals surface area contributed by atoms with Gasteiger partial charge in [0.1, 0.15) is 5.75 Å². The molecule has 1 heterocycles. The predicted octanol–water partition coefficient (Wildman–Crippen LogP) is 6.19. The zero-order valence-corrected chi connectivity index (χ0v) is 19.7. The van der Waals surface area contributed by atoms with Crippen LogP contribution >= 0.6 is 0 Å². The molecule has 0 N–H and O–H groups in total. The third kappa shape index (κ3) is 3.06. The SMILES string of the molecule is COc1ccc(N2C(=O)C34CC=CCC3(CC(=C(c3ccccc3)c3ccccc3)C4)C2=O)cc1. The number of amides is 2. The summed E-state index contributed by atoms with van der Waals surface area (Å²) in [6.45, 7) is 0. The number of ether oxygens (including phenoxy) is 1. The van der Waals surface area contributed by atoms with Crippen LogP contribution in [-0.2, 0) is 9.59 Å². The molecule has 0 spiro atoms. The van der Waals surface area contributed by atoms with Crippen molar-refractivity contribution in [1.29, 1.82) is 0 Å². The van der Waals surface area contributed by atoms with E-state index < -0.39 is 10.8 Å². The van der Waals surface area contributed by atoms with E-state index in [9.17, 15) is 9.59 Å². The fourth-order valence-electron chi connectivity index (χ4n) is 6.42. The second kappa shape index (κ2) is 8.09. The number of methoxy groups -OCH3 is 1. The summed E-state index contributed by atoms with van der Waals surface area (Å²) in [5.41, 5.74) is 3.72. The Kier molecular flexibility index (Phi) is 4.99. The van der Waals surface area contributed by atoms with Gasteiger partial charge in [-0.25, -0.2) is 4.90 Å². The van der Waals surface area contributed by atoms with E-state index in [1.165, 1.54) is 10.5 Å². The normalized spacial score (nSPS) is 24.9. The van der Waals surface area contributed by atoms with Gasteiger partial charge < -0.3 is 4.74 Å². The standard InChI is InChI=1S/C31H27NO3/c1-35-26-16-14-25(15-17-26)32-28(33)30-18-8-9-19-31(30,29(32)34)21-24(20-30)27(22-10-4-2-5-11-22)23-12-6-3-7-13-23/h2-17H,18-21H2,1H3. The van der Waals surface area contributed by atoms with Crippen molar-refractivity contribution in [1.82, 2.24) is 0 Å². The van der Waals surface area contributed by atoms with Crippen LogP contribution in [0.3, 0.4) is 0 Å². The van der Waals surface area contributed by atoms with Gasteiger partial charge in [-0.3, -0.25) is 9.59 Å². The molecule has 3 aromatic rings. The van der Waals surface area contributed by atoms with E-state index in [-0.39, 0.29) is 11.8 Å². The summed E-state index contributed by atoms with van der Waals surface area (Å²) in [6, 6.07) is 27.9. The largest absolute Gasteiger partial charge is 0.497 e. The maximum absolute atomic E-state index is 14.2. The molecule has 1 saturated heterocycles. The van der Waals surface area contributed by atoms with Crippen molar-refractivity contribution in [3.8, 4) is 5.75 Å². The van der Waals surface area contributed by atoms with Gasteiger partial charge in [0.05, 0.1) is 23.6 Å². The van der Waals surface area contributed by atoms with Crippen LogP contribution in [0.5, 0.6) is 5.75 Å². The van der Waals surface area contributed by atoms with Gasteiger partial charge in [-0.2, -0.15) is 0 Å². The Balaban J connectivity index is 1.50. The molecule has 0 bridgehead atoms. The number of hydrogen-bond donors (Lipinski definition) is 0. The molecule has 174 valence electrons. The van der Waals surface area contributed by atoms with E-state index in [1.54, 1.807) is 31.4 Å². The third-order valence-electron chi connectivity index (χ3n) is 8.08. The molecule has 6 rings (SSSR count). The quantitative estimate of drug-likeness (QED) is 0.344. The first-order valence-electron chi connectivity index (χ1n) is 12.1. The van der Waals surface area contributed by atoms with E-state index in [4.69, 9.17) is 4.74 Å². The fraction of sp³-hybridized carbons (Fsp3) is 0.226. The molecule has 4 nitrogen and oxygen atoms in total. The van der Waals surface area contributed by atoms with E-state index >= 15 is 0 Å². The Bertz CT molecular complexity index is 1280. The summed E-state index contributed by atoms with van der Waals surface area (Å²) in [5, 5.41) is 0. The Labute approximate surface area is 205 Å². The molecule has 3 aromatic carbocycles. The van der Waals surface area contributed by atoms with Gasteiger partial charge in [0.15, 0.2) is 0 Å². The molecule has 0 radical (unpaired) electrons. The highest BCUT2D eigenvalue weighted by atomic mass is 16.5. The number of benzene rings is 3. The number of rotatable bonds is 4. The Hall–Kier alpha value is -3.92. The van der Waals surface area contributed by atoms with Crippen molar-refractivity contribution in [2.75, 3.05) is 12.0 Å². The average Bonchev–Trinajstić information content (AvgIpc) is 3.35. The monoisotopic (exact) mass is 461 g/mol. The third-order valence-corrected chi connectivity index (χ3v) is 8.08. The molecule has 1 saturated carbocycles. The first kappa shape index (κ1) is 21.6. The molecule has 2 unspecified atom stereocenters. The smallest absolute Gasteiger partial charge is 0.241 e. The second-order valence-electron chi connectivity index (χ2n) is 9.75. The number of imide groups is 1. The summed E-state index contributed by atoms with van der Waals surface area (Å²) < 4.78 is 5.27. The Morgan fingerprint density at radius 1 is 0.714 bits per heavy atom. The van der Waals surface area contributed by atoms with Crippen LogP contribution in [0.1, 0.15) is 36.8 Å². The fourth-order valence-corrected chi connectivity index (χ4v) is 6.42. The van der Waals surface area contributed by atoms with E-state index in [2.05, 4.69) is 36.4 Å². The van der Waals surface area contributed by atoms with E-state index in [0.717, 1.165) is 16.7 Å². The van der Waals surface area contributed by atoms with Crippen LogP contribution in [0.15, 0.2) is 103 Å². The van der Waals surface area contributed by atoms with Gasteiger partial charge in [-0.05, 0) is 66.6 Å². The first-order chi connectivity index (χ1) is 17.1. The molecule has 35 heavy (non-hydrogen) atoms. The van der Waals surface area contributed by atoms with Gasteiger partial charge in [-0.1, -0.05) is 78.4 Å². The van der Waals surface area contributed by atoms with Crippen molar-refractivity contribution >= 4 is 23.1 Å². The summed E-state index contributed by atoms with van der Waals surface area (Å²) in [4.78, 5) is 29.8. The van der Waals surface area contributed by atoms with E-state index in [0.29, 0.717) is 37.1 Å². The minimum atomic E-state index is -0.747. The zero-order valence-electron chi connectivity index (χ0n) is 19.7. The number of anilines is 1. The Morgan fingerprint density at radius 2 is 1.20 bits per heavy atom. The molecule has 2 amide bonds. The van der Waals surface area contributed by atoms with Gasteiger partial charge in [0.25, 0.3) is 0 Å². The molecule has 2 fully saturated rings. The molecule has 2 aliphatic carbocycles. The van der Waals surface area contributed by atoms with Crippen molar-refractivity contribution in [2.45, 2.75) is 25.7 Å². The lowest BCUT2D eigenvalue weighted by Crippen LogP contribution is -2.41. The van der Waals surface area contributed by atoms with Crippen LogP contribution < -0.4 is 9.64 Å². The summed E-state index contributed by atoms with van der Waals surface area (Å²) in [6.07, 6.45) is 6.54. The summed E-state index contributed by atoms with van der Waals surface area (Å²) >= 11 is 0.